The van der Waals surface area contributed by atoms with Gasteiger partial charge in [0.1, 0.15) is 0 Å². The van der Waals surface area contributed by atoms with Crippen molar-refractivity contribution in [3.63, 3.8) is 0 Å². The van der Waals surface area contributed by atoms with Crippen LogP contribution in [-0.4, -0.2) is 12.0 Å². The predicted octanol–water partition coefficient (Wildman–Crippen LogP) is 3.37. The molecule has 0 spiro atoms. The molecule has 2 unspecified atom stereocenters. The van der Waals surface area contributed by atoms with Gasteiger partial charge in [-0.15, -0.1) is 6.42 Å². The van der Waals surface area contributed by atoms with Gasteiger partial charge in [-0.1, -0.05) is 42.1 Å². The highest BCUT2D eigenvalue weighted by atomic mass is 35.5. The van der Waals surface area contributed by atoms with Crippen LogP contribution in [0, 0.1) is 12.3 Å². The van der Waals surface area contributed by atoms with E-state index in [1.165, 1.54) is 0 Å². The first-order valence-corrected chi connectivity index (χ1v) is 6.74. The van der Waals surface area contributed by atoms with Crippen LogP contribution in [0.4, 0.5) is 0 Å². The highest BCUT2D eigenvalue weighted by Crippen LogP contribution is 2.27. The summed E-state index contributed by atoms with van der Waals surface area (Å²) in [7, 11) is 0. The lowest BCUT2D eigenvalue weighted by Crippen LogP contribution is -2.39. The highest BCUT2D eigenvalue weighted by molar-refractivity contribution is 6.35. The molecule has 0 bridgehead atoms. The first kappa shape index (κ1) is 15.7. The van der Waals surface area contributed by atoms with Gasteiger partial charge in [-0.05, 0) is 31.0 Å². The largest absolute Gasteiger partial charge is 0.370 e. The number of aliphatic imine (C=N–C) groups is 1. The van der Waals surface area contributed by atoms with Crippen LogP contribution < -0.4 is 11.1 Å². The summed E-state index contributed by atoms with van der Waals surface area (Å²) >= 11 is 12.0. The molecule has 0 aliphatic heterocycles. The van der Waals surface area contributed by atoms with Crippen LogP contribution in [0.5, 0.6) is 0 Å². The molecule has 0 saturated heterocycles. The lowest BCUT2D eigenvalue weighted by Gasteiger charge is -2.14. The molecule has 0 heterocycles. The van der Waals surface area contributed by atoms with Crippen LogP contribution in [0.2, 0.25) is 10.0 Å². The van der Waals surface area contributed by atoms with Crippen molar-refractivity contribution in [2.45, 2.75) is 32.4 Å². The van der Waals surface area contributed by atoms with Crippen molar-refractivity contribution >= 4 is 29.2 Å². The van der Waals surface area contributed by atoms with Gasteiger partial charge in [0.15, 0.2) is 5.96 Å². The molecule has 1 aromatic carbocycles. The quantitative estimate of drug-likeness (QED) is 0.508. The van der Waals surface area contributed by atoms with Gasteiger partial charge >= 0.3 is 0 Å². The van der Waals surface area contributed by atoms with Crippen molar-refractivity contribution in [2.75, 3.05) is 0 Å². The Balaban J connectivity index is 2.83. The second-order valence-corrected chi connectivity index (χ2v) is 4.97. The first-order valence-electron chi connectivity index (χ1n) is 5.98. The minimum Gasteiger partial charge on any atom is -0.370 e. The normalized spacial score (nSPS) is 14.6. The maximum atomic E-state index is 6.12. The number of nitrogens with two attached hydrogens (primary N) is 1. The average Bonchev–Trinajstić information content (AvgIpc) is 2.35. The third-order valence-electron chi connectivity index (χ3n) is 2.68. The number of rotatable bonds is 4. The van der Waals surface area contributed by atoms with Crippen molar-refractivity contribution in [1.29, 1.82) is 0 Å². The molecule has 0 aliphatic rings. The van der Waals surface area contributed by atoms with Crippen molar-refractivity contribution in [3.05, 3.63) is 33.8 Å². The summed E-state index contributed by atoms with van der Waals surface area (Å²) in [5, 5.41) is 4.13. The lowest BCUT2D eigenvalue weighted by molar-refractivity contribution is 0.705. The molecular weight excluding hydrogens is 281 g/mol. The molecule has 3 N–H and O–H groups in total. The van der Waals surface area contributed by atoms with E-state index >= 15 is 0 Å². The summed E-state index contributed by atoms with van der Waals surface area (Å²) in [6.45, 7) is 3.88. The van der Waals surface area contributed by atoms with E-state index in [9.17, 15) is 0 Å². The highest BCUT2D eigenvalue weighted by Gasteiger charge is 2.10. The molecule has 3 nitrogen and oxygen atoms in total. The Kier molecular flexibility index (Phi) is 6.01. The summed E-state index contributed by atoms with van der Waals surface area (Å²) in [4.78, 5) is 4.33. The fourth-order valence-electron chi connectivity index (χ4n) is 1.60. The van der Waals surface area contributed by atoms with Gasteiger partial charge in [-0.3, -0.25) is 0 Å². The maximum absolute atomic E-state index is 6.12. The molecule has 2 atom stereocenters. The maximum Gasteiger partial charge on any atom is 0.190 e. The van der Waals surface area contributed by atoms with Gasteiger partial charge in [0, 0.05) is 10.0 Å². The van der Waals surface area contributed by atoms with Gasteiger partial charge in [0.2, 0.25) is 0 Å². The lowest BCUT2D eigenvalue weighted by atomic mass is 10.1. The molecule has 0 radical (unpaired) electrons. The van der Waals surface area contributed by atoms with E-state index in [4.69, 9.17) is 35.4 Å². The Morgan fingerprint density at radius 2 is 2.21 bits per heavy atom. The minimum absolute atomic E-state index is 0.114. The first-order chi connectivity index (χ1) is 8.97. The number of terminal acetylenes is 1. The molecular formula is C14H17Cl2N3. The van der Waals surface area contributed by atoms with Crippen LogP contribution >= 0.6 is 23.2 Å². The molecule has 0 aliphatic carbocycles. The van der Waals surface area contributed by atoms with Gasteiger partial charge in [0.25, 0.3) is 0 Å². The Labute approximate surface area is 124 Å². The Morgan fingerprint density at radius 3 is 2.74 bits per heavy atom. The number of hydrogen-bond donors (Lipinski definition) is 2. The van der Waals surface area contributed by atoms with Gasteiger partial charge in [-0.25, -0.2) is 4.99 Å². The summed E-state index contributed by atoms with van der Waals surface area (Å²) in [6, 6.07) is 5.01. The average molecular weight is 298 g/mol. The number of guanidine groups is 1. The van der Waals surface area contributed by atoms with Crippen LogP contribution in [0.25, 0.3) is 0 Å². The monoisotopic (exact) mass is 297 g/mol. The van der Waals surface area contributed by atoms with E-state index in [0.717, 1.165) is 12.0 Å². The summed E-state index contributed by atoms with van der Waals surface area (Å²) < 4.78 is 0. The van der Waals surface area contributed by atoms with E-state index in [-0.39, 0.29) is 12.1 Å². The third kappa shape index (κ3) is 4.66. The van der Waals surface area contributed by atoms with Crippen molar-refractivity contribution in [1.82, 2.24) is 5.32 Å². The van der Waals surface area contributed by atoms with Crippen LogP contribution in [0.15, 0.2) is 23.2 Å². The molecule has 19 heavy (non-hydrogen) atoms. The smallest absolute Gasteiger partial charge is 0.190 e. The number of halogens is 2. The standard InChI is InChI=1S/C14H17Cl2N3/c1-4-11(5-2)19-14(17)18-9(3)12-7-6-10(15)8-13(12)16/h1,6-9,11H,5H2,2-3H3,(H3,17,18,19). The predicted molar refractivity (Wildman–Crippen MR) is 82.5 cm³/mol. The molecule has 5 heteroatoms. The molecule has 102 valence electrons. The molecule has 0 amide bonds. The molecule has 0 saturated carbocycles. The topological polar surface area (TPSA) is 50.4 Å². The zero-order valence-electron chi connectivity index (χ0n) is 11.0. The molecule has 1 aromatic rings. The van der Waals surface area contributed by atoms with Crippen LogP contribution in [0.3, 0.4) is 0 Å². The van der Waals surface area contributed by atoms with Crippen LogP contribution in [-0.2, 0) is 0 Å². The van der Waals surface area contributed by atoms with Crippen molar-refractivity contribution in [3.8, 4) is 12.3 Å². The van der Waals surface area contributed by atoms with Crippen molar-refractivity contribution < 1.29 is 0 Å². The number of nitrogens with one attached hydrogen (secondary N) is 1. The molecule has 1 rings (SSSR count). The van der Waals surface area contributed by atoms with E-state index in [0.29, 0.717) is 16.0 Å². The Morgan fingerprint density at radius 1 is 1.53 bits per heavy atom. The fourth-order valence-corrected chi connectivity index (χ4v) is 2.16. The minimum atomic E-state index is -0.174. The number of nitrogens with zero attached hydrogens (tertiary/aromatic N) is 1. The van der Waals surface area contributed by atoms with E-state index in [2.05, 4.69) is 16.2 Å². The van der Waals surface area contributed by atoms with Gasteiger partial charge in [-0.2, -0.15) is 0 Å². The summed E-state index contributed by atoms with van der Waals surface area (Å²) in [5.74, 6) is 2.91. The summed E-state index contributed by atoms with van der Waals surface area (Å²) in [6.07, 6.45) is 6.14. The second kappa shape index (κ2) is 7.28. The third-order valence-corrected chi connectivity index (χ3v) is 3.24. The SMILES string of the molecule is C#CC(CC)NC(N)=NC(C)c1ccc(Cl)cc1Cl. The van der Waals surface area contributed by atoms with Gasteiger partial charge < -0.3 is 11.1 Å². The summed E-state index contributed by atoms with van der Waals surface area (Å²) in [5.41, 5.74) is 6.68. The zero-order valence-corrected chi connectivity index (χ0v) is 12.5. The van der Waals surface area contributed by atoms with E-state index in [1.807, 2.05) is 19.9 Å². The Hall–Kier alpha value is -1.37. The molecule has 0 aromatic heterocycles. The number of hydrogen-bond acceptors (Lipinski definition) is 1. The van der Waals surface area contributed by atoms with E-state index in [1.54, 1.807) is 12.1 Å². The fraction of sp³-hybridized carbons (Fsp3) is 0.357. The number of benzene rings is 1. The van der Waals surface area contributed by atoms with Crippen LogP contribution in [0.1, 0.15) is 31.9 Å². The Bertz CT molecular complexity index is 506. The molecule has 0 fully saturated rings. The van der Waals surface area contributed by atoms with E-state index < -0.39 is 0 Å². The zero-order chi connectivity index (χ0) is 14.4. The second-order valence-electron chi connectivity index (χ2n) is 4.13. The van der Waals surface area contributed by atoms with Crippen molar-refractivity contribution in [2.24, 2.45) is 10.7 Å². The van der Waals surface area contributed by atoms with Gasteiger partial charge in [0.05, 0.1) is 12.1 Å².